The topological polar surface area (TPSA) is 54.9 Å². The Morgan fingerprint density at radius 2 is 1.83 bits per heavy atom. The Morgan fingerprint density at radius 3 is 2.58 bits per heavy atom. The minimum Gasteiger partial charge on any atom is -0.339 e. The number of nitrogens with one attached hydrogen (secondary N) is 1. The van der Waals surface area contributed by atoms with Gasteiger partial charge in [0.05, 0.1) is 5.69 Å². The number of amides is 1. The van der Waals surface area contributed by atoms with Crippen LogP contribution in [0.15, 0.2) is 61.1 Å². The lowest BCUT2D eigenvalue weighted by Gasteiger charge is -2.33. The van der Waals surface area contributed by atoms with Crippen molar-refractivity contribution in [1.82, 2.24) is 15.3 Å². The molecule has 2 aromatic carbocycles. The van der Waals surface area contributed by atoms with Crippen LogP contribution in [-0.4, -0.2) is 15.9 Å². The van der Waals surface area contributed by atoms with Crippen LogP contribution in [0, 0.1) is 5.82 Å². The van der Waals surface area contributed by atoms with Crippen molar-refractivity contribution in [3.63, 3.8) is 0 Å². The van der Waals surface area contributed by atoms with Crippen molar-refractivity contribution in [3.8, 4) is 11.3 Å². The number of rotatable bonds is 2. The van der Waals surface area contributed by atoms with Crippen molar-refractivity contribution in [3.05, 3.63) is 83.6 Å². The molecule has 24 heavy (non-hydrogen) atoms. The molecule has 5 heteroatoms. The van der Waals surface area contributed by atoms with Gasteiger partial charge in [-0.2, -0.15) is 0 Å². The van der Waals surface area contributed by atoms with Crippen molar-refractivity contribution < 1.29 is 9.18 Å². The first-order valence-corrected chi connectivity index (χ1v) is 7.58. The third-order valence-electron chi connectivity index (χ3n) is 4.34. The molecular formula is C19H14FN3O. The van der Waals surface area contributed by atoms with Crippen LogP contribution in [0.25, 0.3) is 11.3 Å². The van der Waals surface area contributed by atoms with Crippen LogP contribution in [0.2, 0.25) is 0 Å². The van der Waals surface area contributed by atoms with Crippen LogP contribution in [-0.2, 0) is 10.3 Å². The molecule has 0 radical (unpaired) electrons. The summed E-state index contributed by atoms with van der Waals surface area (Å²) in [6, 6.07) is 13.9. The number of fused-ring (bicyclic) bond motifs is 3. The molecular weight excluding hydrogens is 305 g/mol. The van der Waals surface area contributed by atoms with E-state index in [0.29, 0.717) is 0 Å². The van der Waals surface area contributed by atoms with Gasteiger partial charge in [-0.3, -0.25) is 4.79 Å². The molecule has 1 amide bonds. The molecule has 118 valence electrons. The van der Waals surface area contributed by atoms with Gasteiger partial charge in [0.1, 0.15) is 17.7 Å². The van der Waals surface area contributed by atoms with E-state index < -0.39 is 5.54 Å². The van der Waals surface area contributed by atoms with Gasteiger partial charge in [-0.1, -0.05) is 36.4 Å². The number of aromatic nitrogens is 2. The smallest absolute Gasteiger partial charge is 0.218 e. The zero-order chi connectivity index (χ0) is 16.7. The SMILES string of the molecule is CC(=O)NC1(c2ccc(F)cc2)c2ccccc2-c2ncncc21. The van der Waals surface area contributed by atoms with Crippen LogP contribution in [0.5, 0.6) is 0 Å². The molecule has 4 rings (SSSR count). The summed E-state index contributed by atoms with van der Waals surface area (Å²) in [6.45, 7) is 1.47. The molecule has 1 aliphatic carbocycles. The van der Waals surface area contributed by atoms with Crippen LogP contribution < -0.4 is 5.32 Å². The number of hydrogen-bond donors (Lipinski definition) is 1. The second-order valence-electron chi connectivity index (χ2n) is 5.77. The third-order valence-corrected chi connectivity index (χ3v) is 4.34. The number of nitrogens with zero attached hydrogens (tertiary/aromatic N) is 2. The van der Waals surface area contributed by atoms with Gasteiger partial charge in [0, 0.05) is 24.2 Å². The molecule has 0 bridgehead atoms. The largest absolute Gasteiger partial charge is 0.339 e. The fourth-order valence-corrected chi connectivity index (χ4v) is 3.46. The van der Waals surface area contributed by atoms with Gasteiger partial charge in [0.25, 0.3) is 0 Å². The summed E-state index contributed by atoms with van der Waals surface area (Å²) in [5, 5.41) is 3.06. The van der Waals surface area contributed by atoms with Crippen molar-refractivity contribution in [1.29, 1.82) is 0 Å². The Labute approximate surface area is 138 Å². The van der Waals surface area contributed by atoms with E-state index in [1.807, 2.05) is 24.3 Å². The highest BCUT2D eigenvalue weighted by Crippen LogP contribution is 2.49. The summed E-state index contributed by atoms with van der Waals surface area (Å²) in [4.78, 5) is 20.6. The van der Waals surface area contributed by atoms with E-state index >= 15 is 0 Å². The van der Waals surface area contributed by atoms with Gasteiger partial charge in [0.15, 0.2) is 0 Å². The van der Waals surface area contributed by atoms with E-state index in [4.69, 9.17) is 0 Å². The lowest BCUT2D eigenvalue weighted by atomic mass is 9.81. The zero-order valence-corrected chi connectivity index (χ0v) is 13.0. The maximum Gasteiger partial charge on any atom is 0.218 e. The van der Waals surface area contributed by atoms with E-state index in [0.717, 1.165) is 27.9 Å². The number of benzene rings is 2. The number of hydrogen-bond acceptors (Lipinski definition) is 3. The quantitative estimate of drug-likeness (QED) is 0.790. The van der Waals surface area contributed by atoms with E-state index in [1.165, 1.54) is 25.4 Å². The van der Waals surface area contributed by atoms with Gasteiger partial charge in [0.2, 0.25) is 5.91 Å². The van der Waals surface area contributed by atoms with Gasteiger partial charge in [-0.05, 0) is 23.3 Å². The van der Waals surface area contributed by atoms with Crippen LogP contribution in [0.3, 0.4) is 0 Å². The minimum atomic E-state index is -0.924. The van der Waals surface area contributed by atoms with Crippen LogP contribution in [0.1, 0.15) is 23.6 Å². The summed E-state index contributed by atoms with van der Waals surface area (Å²) < 4.78 is 13.4. The Hall–Kier alpha value is -3.08. The van der Waals surface area contributed by atoms with Gasteiger partial charge in [-0.25, -0.2) is 14.4 Å². The average molecular weight is 319 g/mol. The third kappa shape index (κ3) is 1.94. The minimum absolute atomic E-state index is 0.189. The summed E-state index contributed by atoms with van der Waals surface area (Å²) in [6.07, 6.45) is 3.20. The Bertz CT molecular complexity index is 892. The monoisotopic (exact) mass is 319 g/mol. The standard InChI is InChI=1S/C19H14FN3O/c1-12(24)23-19(13-6-8-14(20)9-7-13)16-5-3-2-4-15(16)18-17(19)10-21-11-22-18/h2-11H,1H3,(H,23,24). The molecule has 4 nitrogen and oxygen atoms in total. The van der Waals surface area contributed by atoms with Gasteiger partial charge >= 0.3 is 0 Å². The predicted molar refractivity (Wildman–Crippen MR) is 87.6 cm³/mol. The lowest BCUT2D eigenvalue weighted by Crippen LogP contribution is -2.45. The summed E-state index contributed by atoms with van der Waals surface area (Å²) in [5.74, 6) is -0.515. The van der Waals surface area contributed by atoms with Crippen LogP contribution >= 0.6 is 0 Å². The molecule has 1 atom stereocenters. The molecule has 0 saturated carbocycles. The molecule has 0 saturated heterocycles. The number of carbonyl (C=O) groups excluding carboxylic acids is 1. The highest BCUT2D eigenvalue weighted by Gasteiger charge is 2.46. The molecule has 0 fully saturated rings. The van der Waals surface area contributed by atoms with Crippen molar-refractivity contribution in [2.45, 2.75) is 12.5 Å². The average Bonchev–Trinajstić information content (AvgIpc) is 2.87. The summed E-state index contributed by atoms with van der Waals surface area (Å²) >= 11 is 0. The molecule has 1 aromatic heterocycles. The number of halogens is 1. The first-order valence-electron chi connectivity index (χ1n) is 7.58. The maximum atomic E-state index is 13.4. The summed E-state index contributed by atoms with van der Waals surface area (Å²) in [5.41, 5.74) is 3.24. The van der Waals surface area contributed by atoms with E-state index in [2.05, 4.69) is 15.3 Å². The van der Waals surface area contributed by atoms with Crippen molar-refractivity contribution in [2.24, 2.45) is 0 Å². The highest BCUT2D eigenvalue weighted by molar-refractivity contribution is 5.85. The van der Waals surface area contributed by atoms with E-state index in [1.54, 1.807) is 18.3 Å². The second-order valence-corrected chi connectivity index (χ2v) is 5.77. The molecule has 3 aromatic rings. The lowest BCUT2D eigenvalue weighted by molar-refractivity contribution is -0.120. The fourth-order valence-electron chi connectivity index (χ4n) is 3.46. The Morgan fingerprint density at radius 1 is 1.08 bits per heavy atom. The number of carbonyl (C=O) groups is 1. The summed E-state index contributed by atoms with van der Waals surface area (Å²) in [7, 11) is 0. The molecule has 1 N–H and O–H groups in total. The molecule has 1 unspecified atom stereocenters. The first kappa shape index (κ1) is 14.5. The van der Waals surface area contributed by atoms with E-state index in [-0.39, 0.29) is 11.7 Å². The maximum absolute atomic E-state index is 13.4. The second kappa shape index (κ2) is 5.23. The molecule has 0 aliphatic heterocycles. The normalized spacial score (nSPS) is 17.9. The van der Waals surface area contributed by atoms with Gasteiger partial charge in [-0.15, -0.1) is 0 Å². The van der Waals surface area contributed by atoms with Crippen molar-refractivity contribution >= 4 is 5.91 Å². The van der Waals surface area contributed by atoms with Crippen molar-refractivity contribution in [2.75, 3.05) is 0 Å². The Kier molecular flexibility index (Phi) is 3.16. The zero-order valence-electron chi connectivity index (χ0n) is 13.0. The first-order chi connectivity index (χ1) is 11.6. The van der Waals surface area contributed by atoms with Gasteiger partial charge < -0.3 is 5.32 Å². The molecule has 1 aliphatic rings. The van der Waals surface area contributed by atoms with E-state index in [9.17, 15) is 9.18 Å². The molecule has 1 heterocycles. The highest BCUT2D eigenvalue weighted by atomic mass is 19.1. The molecule has 0 spiro atoms. The fraction of sp³-hybridized carbons (Fsp3) is 0.105. The Balaban J connectivity index is 2.09. The van der Waals surface area contributed by atoms with Crippen LogP contribution in [0.4, 0.5) is 4.39 Å². The predicted octanol–water partition coefficient (Wildman–Crippen LogP) is 3.02.